The average Bonchev–Trinajstić information content (AvgIpc) is 2.57. The molecule has 0 fully saturated rings. The summed E-state index contributed by atoms with van der Waals surface area (Å²) in [5, 5.41) is 16.6. The van der Waals surface area contributed by atoms with Crippen molar-refractivity contribution in [3.05, 3.63) is 57.6 Å². The van der Waals surface area contributed by atoms with E-state index >= 15 is 0 Å². The summed E-state index contributed by atoms with van der Waals surface area (Å²) in [5.74, 6) is 0.217. The number of nitro benzene ring substituents is 1. The van der Waals surface area contributed by atoms with E-state index in [0.717, 1.165) is 0 Å². The van der Waals surface area contributed by atoms with E-state index in [-0.39, 0.29) is 22.3 Å². The number of benzene rings is 2. The SMILES string of the molecule is COc1ccccc1NC(C)C(=O)Nc1cc([N+](=O)[O-])ccc1Cl. The second-order valence-corrected chi connectivity index (χ2v) is 5.38. The number of nitrogens with one attached hydrogen (secondary N) is 2. The maximum Gasteiger partial charge on any atom is 0.271 e. The van der Waals surface area contributed by atoms with Crippen molar-refractivity contribution in [1.29, 1.82) is 0 Å². The van der Waals surface area contributed by atoms with Crippen molar-refractivity contribution in [3.63, 3.8) is 0 Å². The maximum atomic E-state index is 12.3. The monoisotopic (exact) mass is 349 g/mol. The van der Waals surface area contributed by atoms with Crippen LogP contribution >= 0.6 is 11.6 Å². The number of anilines is 2. The van der Waals surface area contributed by atoms with E-state index in [1.807, 2.05) is 12.1 Å². The highest BCUT2D eigenvalue weighted by Crippen LogP contribution is 2.27. The normalized spacial score (nSPS) is 11.5. The first kappa shape index (κ1) is 17.6. The minimum atomic E-state index is -0.614. The zero-order chi connectivity index (χ0) is 17.7. The van der Waals surface area contributed by atoms with E-state index in [2.05, 4.69) is 10.6 Å². The van der Waals surface area contributed by atoms with Gasteiger partial charge in [0.2, 0.25) is 5.91 Å². The lowest BCUT2D eigenvalue weighted by Gasteiger charge is -2.17. The lowest BCUT2D eigenvalue weighted by Crippen LogP contribution is -2.32. The summed E-state index contributed by atoms with van der Waals surface area (Å²) in [6.07, 6.45) is 0. The summed E-state index contributed by atoms with van der Waals surface area (Å²) < 4.78 is 5.22. The number of carbonyl (C=O) groups excluding carboxylic acids is 1. The van der Waals surface area contributed by atoms with E-state index in [1.165, 1.54) is 25.3 Å². The number of para-hydroxylation sites is 2. The predicted molar refractivity (Wildman–Crippen MR) is 92.8 cm³/mol. The number of amides is 1. The standard InChI is InChI=1S/C16H16ClN3O4/c1-10(18-13-5-3-4-6-15(13)24-2)16(21)19-14-9-11(20(22)23)7-8-12(14)17/h3-10,18H,1-2H3,(H,19,21). The molecule has 2 aromatic carbocycles. The molecular formula is C16H16ClN3O4. The van der Waals surface area contributed by atoms with Crippen molar-refractivity contribution in [2.75, 3.05) is 17.7 Å². The van der Waals surface area contributed by atoms with Crippen LogP contribution in [0.2, 0.25) is 5.02 Å². The Morgan fingerprint density at radius 3 is 2.62 bits per heavy atom. The van der Waals surface area contributed by atoms with E-state index in [0.29, 0.717) is 11.4 Å². The second-order valence-electron chi connectivity index (χ2n) is 4.98. The van der Waals surface area contributed by atoms with Gasteiger partial charge in [-0.2, -0.15) is 0 Å². The van der Waals surface area contributed by atoms with Crippen LogP contribution in [0.25, 0.3) is 0 Å². The van der Waals surface area contributed by atoms with Crippen LogP contribution in [0.1, 0.15) is 6.92 Å². The topological polar surface area (TPSA) is 93.5 Å². The molecule has 0 aromatic heterocycles. The van der Waals surface area contributed by atoms with Gasteiger partial charge in [0.1, 0.15) is 11.8 Å². The van der Waals surface area contributed by atoms with Gasteiger partial charge in [-0.1, -0.05) is 23.7 Å². The van der Waals surface area contributed by atoms with Gasteiger partial charge in [-0.05, 0) is 25.1 Å². The number of halogens is 1. The fraction of sp³-hybridized carbons (Fsp3) is 0.188. The van der Waals surface area contributed by atoms with Crippen LogP contribution in [0, 0.1) is 10.1 Å². The minimum absolute atomic E-state index is 0.153. The Bertz CT molecular complexity index is 767. The predicted octanol–water partition coefficient (Wildman–Crippen LogP) is 3.70. The first-order valence-corrected chi connectivity index (χ1v) is 7.44. The molecule has 0 heterocycles. The second kappa shape index (κ2) is 7.65. The Labute approximate surface area is 143 Å². The zero-order valence-corrected chi connectivity index (χ0v) is 13.8. The van der Waals surface area contributed by atoms with Gasteiger partial charge in [0.15, 0.2) is 0 Å². The van der Waals surface area contributed by atoms with Gasteiger partial charge in [0.25, 0.3) is 5.69 Å². The largest absolute Gasteiger partial charge is 0.495 e. The van der Waals surface area contributed by atoms with Crippen molar-refractivity contribution < 1.29 is 14.5 Å². The highest BCUT2D eigenvalue weighted by atomic mass is 35.5. The third-order valence-corrected chi connectivity index (χ3v) is 3.62. The number of carbonyl (C=O) groups is 1. The quantitative estimate of drug-likeness (QED) is 0.612. The van der Waals surface area contributed by atoms with Gasteiger partial charge in [0.05, 0.1) is 28.4 Å². The lowest BCUT2D eigenvalue weighted by atomic mass is 10.2. The molecule has 2 rings (SSSR count). The molecule has 8 heteroatoms. The zero-order valence-electron chi connectivity index (χ0n) is 13.1. The summed E-state index contributed by atoms with van der Waals surface area (Å²) in [6, 6.07) is 10.4. The van der Waals surface area contributed by atoms with Gasteiger partial charge in [-0.15, -0.1) is 0 Å². The molecule has 24 heavy (non-hydrogen) atoms. The van der Waals surface area contributed by atoms with Crippen LogP contribution in [0.5, 0.6) is 5.75 Å². The third-order valence-electron chi connectivity index (χ3n) is 3.29. The summed E-state index contributed by atoms with van der Waals surface area (Å²) >= 11 is 5.98. The summed E-state index contributed by atoms with van der Waals surface area (Å²) in [4.78, 5) is 22.6. The number of hydrogen-bond acceptors (Lipinski definition) is 5. The molecular weight excluding hydrogens is 334 g/mol. The van der Waals surface area contributed by atoms with Crippen molar-refractivity contribution >= 4 is 34.6 Å². The van der Waals surface area contributed by atoms with Crippen LogP contribution in [0.3, 0.4) is 0 Å². The summed E-state index contributed by atoms with van der Waals surface area (Å²) in [5.41, 5.74) is 0.692. The van der Waals surface area contributed by atoms with Gasteiger partial charge in [-0.3, -0.25) is 14.9 Å². The Hall–Kier alpha value is -2.80. The van der Waals surface area contributed by atoms with Gasteiger partial charge in [0, 0.05) is 12.1 Å². The minimum Gasteiger partial charge on any atom is -0.495 e. The van der Waals surface area contributed by atoms with E-state index in [4.69, 9.17) is 16.3 Å². The smallest absolute Gasteiger partial charge is 0.271 e. The van der Waals surface area contributed by atoms with E-state index in [9.17, 15) is 14.9 Å². The van der Waals surface area contributed by atoms with Crippen LogP contribution in [-0.4, -0.2) is 24.0 Å². The molecule has 0 saturated carbocycles. The Balaban J connectivity index is 2.12. The molecule has 2 N–H and O–H groups in total. The number of rotatable bonds is 6. The summed E-state index contributed by atoms with van der Waals surface area (Å²) in [6.45, 7) is 1.66. The number of nitrogens with zero attached hydrogens (tertiary/aromatic N) is 1. The highest BCUT2D eigenvalue weighted by molar-refractivity contribution is 6.33. The fourth-order valence-corrected chi connectivity index (χ4v) is 2.19. The number of hydrogen-bond donors (Lipinski definition) is 2. The van der Waals surface area contributed by atoms with Gasteiger partial charge < -0.3 is 15.4 Å². The summed E-state index contributed by atoms with van der Waals surface area (Å²) in [7, 11) is 1.54. The molecule has 1 unspecified atom stereocenters. The molecule has 0 aliphatic carbocycles. The number of nitro groups is 1. The van der Waals surface area contributed by atoms with Gasteiger partial charge >= 0.3 is 0 Å². The number of non-ortho nitro benzene ring substituents is 1. The Morgan fingerprint density at radius 2 is 1.96 bits per heavy atom. The molecule has 126 valence electrons. The van der Waals surface area contributed by atoms with Crippen molar-refractivity contribution in [3.8, 4) is 5.75 Å². The van der Waals surface area contributed by atoms with Crippen LogP contribution in [0.15, 0.2) is 42.5 Å². The van der Waals surface area contributed by atoms with E-state index < -0.39 is 11.0 Å². The molecule has 0 bridgehead atoms. The van der Waals surface area contributed by atoms with Gasteiger partial charge in [-0.25, -0.2) is 0 Å². The molecule has 0 aliphatic heterocycles. The van der Waals surface area contributed by atoms with E-state index in [1.54, 1.807) is 19.1 Å². The van der Waals surface area contributed by atoms with Crippen molar-refractivity contribution in [1.82, 2.24) is 0 Å². The molecule has 0 spiro atoms. The molecule has 2 aromatic rings. The van der Waals surface area contributed by atoms with Crippen LogP contribution in [0.4, 0.5) is 17.1 Å². The third kappa shape index (κ3) is 4.14. The maximum absolute atomic E-state index is 12.3. The average molecular weight is 350 g/mol. The van der Waals surface area contributed by atoms with Crippen LogP contribution in [-0.2, 0) is 4.79 Å². The van der Waals surface area contributed by atoms with Crippen molar-refractivity contribution in [2.45, 2.75) is 13.0 Å². The Kier molecular flexibility index (Phi) is 5.59. The molecule has 1 atom stereocenters. The Morgan fingerprint density at radius 1 is 1.25 bits per heavy atom. The molecule has 7 nitrogen and oxygen atoms in total. The molecule has 0 aliphatic rings. The number of methoxy groups -OCH3 is 1. The number of ether oxygens (including phenoxy) is 1. The molecule has 0 saturated heterocycles. The highest BCUT2D eigenvalue weighted by Gasteiger charge is 2.17. The first-order valence-electron chi connectivity index (χ1n) is 7.06. The van der Waals surface area contributed by atoms with Crippen LogP contribution < -0.4 is 15.4 Å². The first-order chi connectivity index (χ1) is 11.4. The fourth-order valence-electron chi connectivity index (χ4n) is 2.03. The molecule has 1 amide bonds. The lowest BCUT2D eigenvalue weighted by molar-refractivity contribution is -0.384. The molecule has 0 radical (unpaired) electrons. The van der Waals surface area contributed by atoms with Crippen molar-refractivity contribution in [2.24, 2.45) is 0 Å².